The molecule has 0 N–H and O–H groups in total. The van der Waals surface area contributed by atoms with Gasteiger partial charge < -0.3 is 14.6 Å². The molecule has 21 heavy (non-hydrogen) atoms. The number of methoxy groups -OCH3 is 1. The number of ether oxygens (including phenoxy) is 1. The first-order valence-corrected chi connectivity index (χ1v) is 7.32. The molecule has 2 amide bonds. The number of amides is 2. The molecule has 0 aliphatic carbocycles. The monoisotopic (exact) mass is 370 g/mol. The molecule has 1 aliphatic heterocycles. The van der Waals surface area contributed by atoms with Gasteiger partial charge in [0, 0.05) is 0 Å². The standard InChI is InChI=1S/C13H10BrNO5S/c1-20-9-3-2-7(4-8(9)14)5-10-12(18)15(6-11(16)17)13(19)21-10/h2-5H,6H2,1H3,(H,16,17)/p-1/b10-5+. The molecule has 0 radical (unpaired) electrons. The molecule has 1 fully saturated rings. The zero-order chi connectivity index (χ0) is 15.6. The van der Waals surface area contributed by atoms with Gasteiger partial charge in [0.2, 0.25) is 0 Å². The Morgan fingerprint density at radius 3 is 2.76 bits per heavy atom. The van der Waals surface area contributed by atoms with Crippen LogP contribution < -0.4 is 9.84 Å². The van der Waals surface area contributed by atoms with Crippen LogP contribution in [0.2, 0.25) is 0 Å². The molecule has 0 spiro atoms. The lowest BCUT2D eigenvalue weighted by Gasteiger charge is -2.12. The van der Waals surface area contributed by atoms with Gasteiger partial charge in [-0.2, -0.15) is 0 Å². The Balaban J connectivity index is 2.26. The second-order valence-electron chi connectivity index (χ2n) is 4.03. The first-order valence-electron chi connectivity index (χ1n) is 5.71. The van der Waals surface area contributed by atoms with Crippen LogP contribution in [-0.2, 0) is 9.59 Å². The predicted octanol–water partition coefficient (Wildman–Crippen LogP) is 1.24. The zero-order valence-electron chi connectivity index (χ0n) is 10.8. The van der Waals surface area contributed by atoms with E-state index in [1.165, 1.54) is 13.2 Å². The minimum Gasteiger partial charge on any atom is -0.548 e. The van der Waals surface area contributed by atoms with Crippen LogP contribution in [0.1, 0.15) is 5.56 Å². The van der Waals surface area contributed by atoms with E-state index in [1.807, 2.05) is 0 Å². The molecule has 8 heteroatoms. The number of hydrogen-bond donors (Lipinski definition) is 0. The first kappa shape index (κ1) is 15.6. The molecule has 1 aromatic rings. The third-order valence-electron chi connectivity index (χ3n) is 2.63. The highest BCUT2D eigenvalue weighted by atomic mass is 79.9. The number of carboxylic acid groups (broad SMARTS) is 1. The lowest BCUT2D eigenvalue weighted by atomic mass is 10.2. The minimum absolute atomic E-state index is 0.165. The van der Waals surface area contributed by atoms with E-state index >= 15 is 0 Å². The van der Waals surface area contributed by atoms with E-state index in [0.717, 1.165) is 0 Å². The van der Waals surface area contributed by atoms with Crippen molar-refractivity contribution < 1.29 is 24.2 Å². The molecule has 110 valence electrons. The van der Waals surface area contributed by atoms with E-state index in [-0.39, 0.29) is 4.91 Å². The topological polar surface area (TPSA) is 86.7 Å². The van der Waals surface area contributed by atoms with Gasteiger partial charge in [-0.1, -0.05) is 6.07 Å². The van der Waals surface area contributed by atoms with Crippen LogP contribution in [0, 0.1) is 0 Å². The van der Waals surface area contributed by atoms with Gasteiger partial charge >= 0.3 is 0 Å². The van der Waals surface area contributed by atoms with Crippen molar-refractivity contribution in [3.05, 3.63) is 33.1 Å². The highest BCUT2D eigenvalue weighted by Crippen LogP contribution is 2.33. The van der Waals surface area contributed by atoms with Gasteiger partial charge in [0.1, 0.15) is 5.75 Å². The molecule has 2 rings (SSSR count). The highest BCUT2D eigenvalue weighted by molar-refractivity contribution is 9.10. The van der Waals surface area contributed by atoms with E-state index in [1.54, 1.807) is 18.2 Å². The van der Waals surface area contributed by atoms with E-state index < -0.39 is 23.7 Å². The number of aliphatic carboxylic acids is 1. The normalized spacial score (nSPS) is 16.7. The lowest BCUT2D eigenvalue weighted by molar-refractivity contribution is -0.305. The van der Waals surface area contributed by atoms with Gasteiger partial charge in [-0.25, -0.2) is 0 Å². The molecule has 0 saturated carbocycles. The summed E-state index contributed by atoms with van der Waals surface area (Å²) in [5, 5.41) is 9.90. The second kappa shape index (κ2) is 6.31. The summed E-state index contributed by atoms with van der Waals surface area (Å²) in [6, 6.07) is 5.16. The molecule has 1 aliphatic rings. The highest BCUT2D eigenvalue weighted by Gasteiger charge is 2.34. The van der Waals surface area contributed by atoms with Crippen molar-refractivity contribution in [2.24, 2.45) is 0 Å². The van der Waals surface area contributed by atoms with Crippen LogP contribution in [0.25, 0.3) is 6.08 Å². The van der Waals surface area contributed by atoms with E-state index in [0.29, 0.717) is 32.4 Å². The Bertz CT molecular complexity index is 658. The van der Waals surface area contributed by atoms with Crippen LogP contribution in [-0.4, -0.2) is 35.7 Å². The number of rotatable bonds is 4. The average molecular weight is 371 g/mol. The summed E-state index contributed by atoms with van der Waals surface area (Å²) >= 11 is 4.01. The van der Waals surface area contributed by atoms with Crippen molar-refractivity contribution in [3.63, 3.8) is 0 Å². The van der Waals surface area contributed by atoms with Crippen molar-refractivity contribution in [2.45, 2.75) is 0 Å². The number of hydrogen-bond acceptors (Lipinski definition) is 6. The maximum atomic E-state index is 12.0. The third-order valence-corrected chi connectivity index (χ3v) is 4.16. The fourth-order valence-corrected chi connectivity index (χ4v) is 3.09. The quantitative estimate of drug-likeness (QED) is 0.741. The Kier molecular flexibility index (Phi) is 4.69. The predicted molar refractivity (Wildman–Crippen MR) is 78.4 cm³/mol. The molecule has 1 heterocycles. The number of imide groups is 1. The maximum absolute atomic E-state index is 12.0. The van der Waals surface area contributed by atoms with Crippen molar-refractivity contribution in [3.8, 4) is 5.75 Å². The van der Waals surface area contributed by atoms with Crippen LogP contribution in [0.4, 0.5) is 4.79 Å². The average Bonchev–Trinajstić information content (AvgIpc) is 2.66. The van der Waals surface area contributed by atoms with Crippen LogP contribution in [0.3, 0.4) is 0 Å². The Morgan fingerprint density at radius 2 is 2.19 bits per heavy atom. The Hall–Kier alpha value is -1.80. The number of benzene rings is 1. The largest absolute Gasteiger partial charge is 0.548 e. The van der Waals surface area contributed by atoms with Gasteiger partial charge in [0.25, 0.3) is 11.1 Å². The van der Waals surface area contributed by atoms with Gasteiger partial charge in [0.15, 0.2) is 0 Å². The molecule has 0 atom stereocenters. The molecule has 0 unspecified atom stereocenters. The molecular formula is C13H9BrNO5S-. The van der Waals surface area contributed by atoms with Crippen molar-refractivity contribution in [1.82, 2.24) is 4.90 Å². The summed E-state index contributed by atoms with van der Waals surface area (Å²) in [6.45, 7) is -0.742. The number of carboxylic acids is 1. The minimum atomic E-state index is -1.48. The Labute approximate surface area is 132 Å². The number of carbonyl (C=O) groups excluding carboxylic acids is 3. The molecular weight excluding hydrogens is 362 g/mol. The smallest absolute Gasteiger partial charge is 0.293 e. The van der Waals surface area contributed by atoms with E-state index in [9.17, 15) is 19.5 Å². The summed E-state index contributed by atoms with van der Waals surface area (Å²) in [4.78, 5) is 34.9. The molecule has 0 aromatic heterocycles. The van der Waals surface area contributed by atoms with Gasteiger partial charge in [-0.15, -0.1) is 0 Å². The molecule has 6 nitrogen and oxygen atoms in total. The van der Waals surface area contributed by atoms with Gasteiger partial charge in [-0.3, -0.25) is 14.5 Å². The zero-order valence-corrected chi connectivity index (χ0v) is 13.2. The molecule has 1 aromatic carbocycles. The van der Waals surface area contributed by atoms with Crippen molar-refractivity contribution >= 4 is 50.9 Å². The summed E-state index contributed by atoms with van der Waals surface area (Å²) in [5.41, 5.74) is 0.682. The van der Waals surface area contributed by atoms with Crippen molar-refractivity contribution in [2.75, 3.05) is 13.7 Å². The van der Waals surface area contributed by atoms with Crippen LogP contribution in [0.15, 0.2) is 27.6 Å². The Morgan fingerprint density at radius 1 is 1.48 bits per heavy atom. The number of halogens is 1. The number of nitrogens with zero attached hydrogens (tertiary/aromatic N) is 1. The summed E-state index contributed by atoms with van der Waals surface area (Å²) < 4.78 is 5.80. The van der Waals surface area contributed by atoms with E-state index in [4.69, 9.17) is 4.74 Å². The summed E-state index contributed by atoms with van der Waals surface area (Å²) in [6.07, 6.45) is 1.52. The van der Waals surface area contributed by atoms with E-state index in [2.05, 4.69) is 15.9 Å². The van der Waals surface area contributed by atoms with Crippen molar-refractivity contribution in [1.29, 1.82) is 0 Å². The third kappa shape index (κ3) is 3.45. The fraction of sp³-hybridized carbons (Fsp3) is 0.154. The fourth-order valence-electron chi connectivity index (χ4n) is 1.69. The van der Waals surface area contributed by atoms with Crippen LogP contribution in [0.5, 0.6) is 5.75 Å². The molecule has 1 saturated heterocycles. The summed E-state index contributed by atoms with van der Waals surface area (Å²) in [5.74, 6) is -1.48. The van der Waals surface area contributed by atoms with Gasteiger partial charge in [0.05, 0.1) is 29.0 Å². The second-order valence-corrected chi connectivity index (χ2v) is 5.88. The van der Waals surface area contributed by atoms with Gasteiger partial charge in [-0.05, 0) is 51.5 Å². The SMILES string of the molecule is COc1ccc(/C=C2/SC(=O)N(CC(=O)[O-])C2=O)cc1Br. The first-order chi connectivity index (χ1) is 9.92. The maximum Gasteiger partial charge on any atom is 0.293 e. The number of thioether (sulfide) groups is 1. The number of carbonyl (C=O) groups is 3. The summed E-state index contributed by atoms with van der Waals surface area (Å²) in [7, 11) is 1.53. The van der Waals surface area contributed by atoms with Crippen LogP contribution >= 0.6 is 27.7 Å². The lowest BCUT2D eigenvalue weighted by Crippen LogP contribution is -2.40. The molecule has 0 bridgehead atoms.